The number of nitrogens with one attached hydrogen (secondary N) is 2. The number of nitrogens with two attached hydrogens (primary N) is 1. The molecule has 1 saturated heterocycles. The lowest BCUT2D eigenvalue weighted by Gasteiger charge is -2.33. The number of nitrogens with zero attached hydrogens (tertiary/aromatic N) is 6. The molecule has 0 spiro atoms. The maximum atomic E-state index is 15.5. The number of likely N-dealkylation sites (tertiary alicyclic amines) is 1. The summed E-state index contributed by atoms with van der Waals surface area (Å²) >= 11 is 0. The Kier molecular flexibility index (Phi) is 6.37. The largest absolute Gasteiger partial charge is 0.368 e. The summed E-state index contributed by atoms with van der Waals surface area (Å²) in [6.45, 7) is 6.67. The summed E-state index contributed by atoms with van der Waals surface area (Å²) in [7, 11) is 0. The number of aryl methyl sites for hydroxylation is 2. The number of benzene rings is 1. The second kappa shape index (κ2) is 9.75. The van der Waals surface area contributed by atoms with Gasteiger partial charge in [0.2, 0.25) is 5.95 Å². The Morgan fingerprint density at radius 2 is 1.86 bits per heavy atom. The van der Waals surface area contributed by atoms with Crippen molar-refractivity contribution in [2.75, 3.05) is 24.1 Å². The van der Waals surface area contributed by atoms with Crippen LogP contribution in [0.1, 0.15) is 41.1 Å². The summed E-state index contributed by atoms with van der Waals surface area (Å²) in [6.07, 6.45) is 8.76. The lowest BCUT2D eigenvalue weighted by molar-refractivity contribution is 0.204. The highest BCUT2D eigenvalue weighted by molar-refractivity contribution is 5.78. The number of halogens is 1. The van der Waals surface area contributed by atoms with Crippen molar-refractivity contribution in [3.63, 3.8) is 0 Å². The van der Waals surface area contributed by atoms with Gasteiger partial charge >= 0.3 is 0 Å². The number of rotatable bonds is 6. The average molecular weight is 474 g/mol. The third-order valence-electron chi connectivity index (χ3n) is 6.45. The third kappa shape index (κ3) is 5.12. The first kappa shape index (κ1) is 22.9. The van der Waals surface area contributed by atoms with E-state index >= 15 is 4.39 Å². The molecule has 0 saturated carbocycles. The molecule has 4 heterocycles. The molecule has 1 fully saturated rings. The molecule has 4 N–H and O–H groups in total. The molecule has 35 heavy (non-hydrogen) atoms. The maximum absolute atomic E-state index is 15.5. The average Bonchev–Trinajstić information content (AvgIpc) is 3.26. The fourth-order valence-electron chi connectivity index (χ4n) is 4.71. The van der Waals surface area contributed by atoms with E-state index < -0.39 is 0 Å². The van der Waals surface area contributed by atoms with Crippen LogP contribution in [-0.2, 0) is 6.54 Å². The van der Waals surface area contributed by atoms with Gasteiger partial charge in [-0.05, 0) is 69.0 Å². The molecule has 180 valence electrons. The van der Waals surface area contributed by atoms with E-state index in [0.29, 0.717) is 28.7 Å². The van der Waals surface area contributed by atoms with Crippen molar-refractivity contribution in [2.45, 2.75) is 39.2 Å². The fourth-order valence-corrected chi connectivity index (χ4v) is 4.71. The van der Waals surface area contributed by atoms with Gasteiger partial charge in [-0.25, -0.2) is 19.3 Å². The number of hydrogen-bond acceptors (Lipinski definition) is 8. The van der Waals surface area contributed by atoms with Crippen LogP contribution in [0.2, 0.25) is 0 Å². The van der Waals surface area contributed by atoms with E-state index in [1.165, 1.54) is 0 Å². The fraction of sp³-hybridized carbons (Fsp3) is 0.320. The first-order valence-corrected chi connectivity index (χ1v) is 11.6. The predicted octanol–water partition coefficient (Wildman–Crippen LogP) is 4.12. The molecule has 0 atom stereocenters. The number of H-pyrrole nitrogens is 1. The van der Waals surface area contributed by atoms with Gasteiger partial charge in [-0.3, -0.25) is 10.00 Å². The number of anilines is 3. The first-order chi connectivity index (χ1) is 17.0. The zero-order valence-electron chi connectivity index (χ0n) is 19.8. The standard InChI is InChI=1S/C25H28FN9/c1-15-7-20(21-12-30-25(27)32-24(21)31-23-8-16(2)33-34-23)22(26)9-19(15)18-3-5-35(6-4-18)13-17-10-28-14-29-11-17/h7-12,14,18H,3-6,13H2,1-2H3,(H4,27,30,31,32,33,34). The van der Waals surface area contributed by atoms with E-state index in [4.69, 9.17) is 5.73 Å². The molecule has 0 aliphatic carbocycles. The lowest BCUT2D eigenvalue weighted by Crippen LogP contribution is -2.32. The summed E-state index contributed by atoms with van der Waals surface area (Å²) < 4.78 is 15.5. The topological polar surface area (TPSA) is 122 Å². The molecule has 1 aromatic carbocycles. The normalized spacial score (nSPS) is 14.8. The summed E-state index contributed by atoms with van der Waals surface area (Å²) in [5.74, 6) is 1.10. The molecule has 0 unspecified atom stereocenters. The zero-order valence-corrected chi connectivity index (χ0v) is 19.8. The summed E-state index contributed by atoms with van der Waals surface area (Å²) in [5.41, 5.74) is 10.9. The minimum Gasteiger partial charge on any atom is -0.368 e. The van der Waals surface area contributed by atoms with Crippen LogP contribution in [0.3, 0.4) is 0 Å². The smallest absolute Gasteiger partial charge is 0.221 e. The van der Waals surface area contributed by atoms with Gasteiger partial charge in [-0.15, -0.1) is 0 Å². The molecule has 3 aromatic heterocycles. The van der Waals surface area contributed by atoms with Gasteiger partial charge in [0.1, 0.15) is 18.0 Å². The summed E-state index contributed by atoms with van der Waals surface area (Å²) in [5, 5.41) is 10.2. The Bertz CT molecular complexity index is 1310. The molecule has 10 heteroatoms. The van der Waals surface area contributed by atoms with E-state index in [-0.39, 0.29) is 11.8 Å². The third-order valence-corrected chi connectivity index (χ3v) is 6.45. The van der Waals surface area contributed by atoms with Crippen molar-refractivity contribution in [3.05, 3.63) is 71.3 Å². The van der Waals surface area contributed by atoms with E-state index in [2.05, 4.69) is 40.3 Å². The zero-order chi connectivity index (χ0) is 24.4. The van der Waals surface area contributed by atoms with E-state index in [0.717, 1.165) is 54.9 Å². The minimum atomic E-state index is -0.302. The van der Waals surface area contributed by atoms with Gasteiger partial charge in [-0.2, -0.15) is 10.1 Å². The van der Waals surface area contributed by atoms with Gasteiger partial charge in [0.25, 0.3) is 0 Å². The van der Waals surface area contributed by atoms with Gasteiger partial charge in [0.15, 0.2) is 5.82 Å². The Hall–Kier alpha value is -3.92. The van der Waals surface area contributed by atoms with Crippen molar-refractivity contribution in [3.8, 4) is 11.1 Å². The molecule has 0 radical (unpaired) electrons. The van der Waals surface area contributed by atoms with E-state index in [1.54, 1.807) is 18.6 Å². The van der Waals surface area contributed by atoms with Crippen LogP contribution < -0.4 is 11.1 Å². The van der Waals surface area contributed by atoms with E-state index in [1.807, 2.05) is 38.4 Å². The SMILES string of the molecule is Cc1cc(Nc2nc(N)ncc2-c2cc(C)c(C3CCN(Cc4cncnc4)CC3)cc2F)n[nH]1. The van der Waals surface area contributed by atoms with Crippen LogP contribution in [-0.4, -0.2) is 48.1 Å². The molecule has 5 rings (SSSR count). The monoisotopic (exact) mass is 473 g/mol. The second-order valence-corrected chi connectivity index (χ2v) is 9.04. The van der Waals surface area contributed by atoms with Crippen LogP contribution in [0.25, 0.3) is 11.1 Å². The van der Waals surface area contributed by atoms with Gasteiger partial charge in [0, 0.05) is 53.6 Å². The predicted molar refractivity (Wildman–Crippen MR) is 132 cm³/mol. The lowest BCUT2D eigenvalue weighted by atomic mass is 9.85. The Morgan fingerprint density at radius 1 is 1.09 bits per heavy atom. The van der Waals surface area contributed by atoms with Crippen molar-refractivity contribution in [1.82, 2.24) is 35.0 Å². The van der Waals surface area contributed by atoms with Crippen molar-refractivity contribution in [1.29, 1.82) is 0 Å². The van der Waals surface area contributed by atoms with Crippen LogP contribution in [0.4, 0.5) is 22.0 Å². The van der Waals surface area contributed by atoms with Crippen molar-refractivity contribution in [2.24, 2.45) is 0 Å². The Balaban J connectivity index is 1.35. The number of aromatic nitrogens is 6. The van der Waals surface area contributed by atoms with Gasteiger partial charge in [0.05, 0.1) is 0 Å². The molecule has 0 bridgehead atoms. The van der Waals surface area contributed by atoms with Crippen molar-refractivity contribution >= 4 is 17.6 Å². The van der Waals surface area contributed by atoms with E-state index in [9.17, 15) is 0 Å². The first-order valence-electron chi connectivity index (χ1n) is 11.6. The van der Waals surface area contributed by atoms with Crippen LogP contribution in [0.5, 0.6) is 0 Å². The Labute approximate surface area is 203 Å². The van der Waals surface area contributed by atoms with Gasteiger partial charge < -0.3 is 11.1 Å². The van der Waals surface area contributed by atoms with Crippen LogP contribution >= 0.6 is 0 Å². The van der Waals surface area contributed by atoms with Gasteiger partial charge in [-0.1, -0.05) is 0 Å². The molecule has 4 aromatic rings. The number of nitrogen functional groups attached to an aromatic ring is 1. The number of hydrogen-bond donors (Lipinski definition) is 3. The minimum absolute atomic E-state index is 0.103. The van der Waals surface area contributed by atoms with Crippen LogP contribution in [0.15, 0.2) is 43.1 Å². The molecule has 0 amide bonds. The number of piperidine rings is 1. The second-order valence-electron chi connectivity index (χ2n) is 9.04. The Morgan fingerprint density at radius 3 is 2.57 bits per heavy atom. The summed E-state index contributed by atoms with van der Waals surface area (Å²) in [4.78, 5) is 19.0. The maximum Gasteiger partial charge on any atom is 0.221 e. The molecular weight excluding hydrogens is 445 g/mol. The quantitative estimate of drug-likeness (QED) is 0.382. The highest BCUT2D eigenvalue weighted by Gasteiger charge is 2.24. The van der Waals surface area contributed by atoms with Crippen molar-refractivity contribution < 1.29 is 4.39 Å². The highest BCUT2D eigenvalue weighted by Crippen LogP contribution is 2.36. The molecule has 1 aliphatic heterocycles. The molecular formula is C25H28FN9. The summed E-state index contributed by atoms with van der Waals surface area (Å²) in [6, 6.07) is 5.40. The van der Waals surface area contributed by atoms with Crippen LogP contribution in [0, 0.1) is 19.7 Å². The molecule has 9 nitrogen and oxygen atoms in total. The molecule has 1 aliphatic rings. The highest BCUT2D eigenvalue weighted by atomic mass is 19.1. The number of aromatic amines is 1.